The van der Waals surface area contributed by atoms with Crippen molar-refractivity contribution in [2.75, 3.05) is 26.7 Å². The Hall–Kier alpha value is -2.37. The fourth-order valence-electron chi connectivity index (χ4n) is 4.20. The molecule has 2 aromatic rings. The van der Waals surface area contributed by atoms with Crippen molar-refractivity contribution in [3.05, 3.63) is 59.7 Å². The predicted molar refractivity (Wildman–Crippen MR) is 133 cm³/mol. The van der Waals surface area contributed by atoms with E-state index in [0.29, 0.717) is 18.2 Å². The summed E-state index contributed by atoms with van der Waals surface area (Å²) in [4.78, 5) is 2.33. The van der Waals surface area contributed by atoms with E-state index < -0.39 is 16.1 Å². The Labute approximate surface area is 203 Å². The van der Waals surface area contributed by atoms with Gasteiger partial charge in [-0.05, 0) is 50.6 Å². The van der Waals surface area contributed by atoms with Gasteiger partial charge in [0.05, 0.1) is 6.61 Å². The van der Waals surface area contributed by atoms with E-state index in [1.165, 1.54) is 9.87 Å². The second kappa shape index (κ2) is 10.5. The van der Waals surface area contributed by atoms with Gasteiger partial charge in [-0.15, -0.1) is 0 Å². The molecule has 0 spiro atoms. The quantitative estimate of drug-likeness (QED) is 0.640. The van der Waals surface area contributed by atoms with Gasteiger partial charge in [-0.3, -0.25) is 4.90 Å². The fraction of sp³-hybridized carbons (Fsp3) is 0.481. The molecule has 1 aliphatic heterocycles. The highest BCUT2D eigenvalue weighted by molar-refractivity contribution is 7.89. The fourth-order valence-corrected chi connectivity index (χ4v) is 6.03. The molecular formula is C27H34N2O4S. The van der Waals surface area contributed by atoms with Crippen molar-refractivity contribution in [3.8, 4) is 17.6 Å². The summed E-state index contributed by atoms with van der Waals surface area (Å²) in [7, 11) is -1.79. The Morgan fingerprint density at radius 3 is 2.62 bits per heavy atom. The molecule has 0 saturated heterocycles. The Balaban J connectivity index is 1.66. The number of aliphatic hydroxyl groups is 1. The Bertz CT molecular complexity index is 1150. The first-order valence-corrected chi connectivity index (χ1v) is 13.4. The molecular weight excluding hydrogens is 448 g/mol. The van der Waals surface area contributed by atoms with E-state index in [4.69, 9.17) is 4.74 Å². The van der Waals surface area contributed by atoms with E-state index in [0.717, 1.165) is 24.9 Å². The zero-order chi connectivity index (χ0) is 24.3. The number of aliphatic hydroxyl groups excluding tert-OH is 1. The van der Waals surface area contributed by atoms with Gasteiger partial charge < -0.3 is 9.84 Å². The zero-order valence-corrected chi connectivity index (χ0v) is 21.0. The maximum Gasteiger partial charge on any atom is 0.247 e. The van der Waals surface area contributed by atoms with Crippen molar-refractivity contribution >= 4 is 10.0 Å². The van der Waals surface area contributed by atoms with Gasteiger partial charge in [-0.25, -0.2) is 8.42 Å². The van der Waals surface area contributed by atoms with E-state index >= 15 is 0 Å². The third-order valence-electron chi connectivity index (χ3n) is 6.45. The first kappa shape index (κ1) is 24.7. The van der Waals surface area contributed by atoms with Crippen LogP contribution in [-0.4, -0.2) is 61.6 Å². The molecule has 34 heavy (non-hydrogen) atoms. The van der Waals surface area contributed by atoms with E-state index in [9.17, 15) is 13.5 Å². The van der Waals surface area contributed by atoms with Gasteiger partial charge in [0.1, 0.15) is 16.7 Å². The number of ether oxygens (including phenoxy) is 1. The maximum atomic E-state index is 13.6. The van der Waals surface area contributed by atoms with Crippen LogP contribution < -0.4 is 4.74 Å². The number of sulfonamides is 1. The molecule has 6 nitrogen and oxygen atoms in total. The van der Waals surface area contributed by atoms with Gasteiger partial charge in [0.15, 0.2) is 0 Å². The van der Waals surface area contributed by atoms with Gasteiger partial charge >= 0.3 is 0 Å². The minimum atomic E-state index is -3.84. The topological polar surface area (TPSA) is 70.1 Å². The first-order valence-electron chi connectivity index (χ1n) is 12.0. The molecule has 3 atom stereocenters. The predicted octanol–water partition coefficient (Wildman–Crippen LogP) is 3.35. The van der Waals surface area contributed by atoms with Crippen molar-refractivity contribution in [2.24, 2.45) is 11.8 Å². The summed E-state index contributed by atoms with van der Waals surface area (Å²) in [6.45, 7) is 5.17. The van der Waals surface area contributed by atoms with Crippen LogP contribution in [0.1, 0.15) is 37.8 Å². The van der Waals surface area contributed by atoms with Crippen molar-refractivity contribution < 1.29 is 18.3 Å². The molecule has 0 amide bonds. The number of rotatable bonds is 6. The number of benzene rings is 2. The lowest BCUT2D eigenvalue weighted by Crippen LogP contribution is -2.49. The monoisotopic (exact) mass is 482 g/mol. The number of hydrogen-bond donors (Lipinski definition) is 1. The summed E-state index contributed by atoms with van der Waals surface area (Å²) >= 11 is 0. The third-order valence-corrected chi connectivity index (χ3v) is 8.47. The Kier molecular flexibility index (Phi) is 7.63. The molecule has 1 N–H and O–H groups in total. The van der Waals surface area contributed by atoms with Gasteiger partial charge in [0.2, 0.25) is 10.0 Å². The second-order valence-electron chi connectivity index (χ2n) is 9.63. The summed E-state index contributed by atoms with van der Waals surface area (Å²) in [6, 6.07) is 14.8. The SMILES string of the molecule is C[C@@H]1CN([C@@H](C)CO)S(=O)(=O)c2ccc(C#CC3CC3)cc2O[C@H]1CN(C)Cc1ccccc1. The van der Waals surface area contributed by atoms with Gasteiger partial charge in [0.25, 0.3) is 0 Å². The number of nitrogens with zero attached hydrogens (tertiary/aromatic N) is 2. The first-order chi connectivity index (χ1) is 16.3. The Morgan fingerprint density at radius 2 is 1.94 bits per heavy atom. The standard InChI is InChI=1S/C27H34N2O4S/c1-20-16-29(21(2)19-30)34(31,32)27-14-13-23(12-11-22-9-10-22)15-25(27)33-26(20)18-28(3)17-24-7-5-4-6-8-24/h4-8,13-15,20-22,26,30H,9-10,16-19H2,1-3H3/t20-,21+,26+/m1/s1. The number of fused-ring (bicyclic) bond motifs is 1. The molecule has 1 fully saturated rings. The average Bonchev–Trinajstić information content (AvgIpc) is 3.64. The van der Waals surface area contributed by atoms with Crippen LogP contribution in [-0.2, 0) is 16.6 Å². The largest absolute Gasteiger partial charge is 0.487 e. The van der Waals surface area contributed by atoms with E-state index in [1.807, 2.05) is 32.2 Å². The van der Waals surface area contributed by atoms with Crippen LogP contribution in [0.2, 0.25) is 0 Å². The van der Waals surface area contributed by atoms with E-state index in [1.54, 1.807) is 25.1 Å². The minimum absolute atomic E-state index is 0.0867. The van der Waals surface area contributed by atoms with Crippen molar-refractivity contribution in [2.45, 2.75) is 50.3 Å². The highest BCUT2D eigenvalue weighted by Crippen LogP contribution is 2.34. The molecule has 1 aliphatic carbocycles. The van der Waals surface area contributed by atoms with Crippen LogP contribution in [0, 0.1) is 23.7 Å². The molecule has 182 valence electrons. The highest BCUT2D eigenvalue weighted by atomic mass is 32.2. The van der Waals surface area contributed by atoms with Gasteiger partial charge in [-0.1, -0.05) is 49.1 Å². The summed E-state index contributed by atoms with van der Waals surface area (Å²) in [6.07, 6.45) is 2.02. The molecule has 2 aromatic carbocycles. The van der Waals surface area contributed by atoms with Crippen molar-refractivity contribution in [3.63, 3.8) is 0 Å². The van der Waals surface area contributed by atoms with Crippen molar-refractivity contribution in [1.82, 2.24) is 9.21 Å². The van der Waals surface area contributed by atoms with Crippen LogP contribution in [0.4, 0.5) is 0 Å². The number of hydrogen-bond acceptors (Lipinski definition) is 5. The van der Waals surface area contributed by atoms with Gasteiger partial charge in [-0.2, -0.15) is 4.31 Å². The third kappa shape index (κ3) is 5.81. The summed E-state index contributed by atoms with van der Waals surface area (Å²) in [5.74, 6) is 7.11. The van der Waals surface area contributed by atoms with E-state index in [-0.39, 0.29) is 30.1 Å². The lowest BCUT2D eigenvalue weighted by Gasteiger charge is -2.37. The van der Waals surface area contributed by atoms with Crippen LogP contribution in [0.3, 0.4) is 0 Å². The van der Waals surface area contributed by atoms with Crippen LogP contribution in [0.5, 0.6) is 5.75 Å². The van der Waals surface area contributed by atoms with Crippen LogP contribution in [0.25, 0.3) is 0 Å². The normalized spacial score (nSPS) is 23.1. The maximum absolute atomic E-state index is 13.6. The summed E-state index contributed by atoms with van der Waals surface area (Å²) in [5, 5.41) is 9.80. The zero-order valence-electron chi connectivity index (χ0n) is 20.1. The molecule has 0 radical (unpaired) electrons. The lowest BCUT2D eigenvalue weighted by molar-refractivity contribution is 0.0733. The Morgan fingerprint density at radius 1 is 1.21 bits per heavy atom. The summed E-state index contributed by atoms with van der Waals surface area (Å²) < 4.78 is 35.0. The second-order valence-corrected chi connectivity index (χ2v) is 11.5. The summed E-state index contributed by atoms with van der Waals surface area (Å²) in [5.41, 5.74) is 1.96. The highest BCUT2D eigenvalue weighted by Gasteiger charge is 2.38. The molecule has 4 rings (SSSR count). The van der Waals surface area contributed by atoms with Crippen LogP contribution >= 0.6 is 0 Å². The molecule has 0 bridgehead atoms. The van der Waals surface area contributed by atoms with Crippen LogP contribution in [0.15, 0.2) is 53.4 Å². The van der Waals surface area contributed by atoms with Crippen molar-refractivity contribution in [1.29, 1.82) is 0 Å². The lowest BCUT2D eigenvalue weighted by atomic mass is 10.0. The number of likely N-dealkylation sites (N-methyl/N-ethyl adjacent to an activating group) is 1. The molecule has 0 unspecified atom stereocenters. The molecule has 1 heterocycles. The molecule has 2 aliphatic rings. The molecule has 1 saturated carbocycles. The average molecular weight is 483 g/mol. The molecule has 7 heteroatoms. The minimum Gasteiger partial charge on any atom is -0.487 e. The van der Waals surface area contributed by atoms with Gasteiger partial charge in [0, 0.05) is 43.1 Å². The van der Waals surface area contributed by atoms with E-state index in [2.05, 4.69) is 28.9 Å². The molecule has 0 aromatic heterocycles. The smallest absolute Gasteiger partial charge is 0.247 e.